The lowest BCUT2D eigenvalue weighted by Gasteiger charge is -2.02. The van der Waals surface area contributed by atoms with E-state index in [2.05, 4.69) is 39.1 Å². The summed E-state index contributed by atoms with van der Waals surface area (Å²) in [5.41, 5.74) is 1.34. The van der Waals surface area contributed by atoms with E-state index in [1.54, 1.807) is 0 Å². The third-order valence-corrected chi connectivity index (χ3v) is 4.94. The van der Waals surface area contributed by atoms with Gasteiger partial charge in [0.05, 0.1) is 6.54 Å². The summed E-state index contributed by atoms with van der Waals surface area (Å²) in [6.07, 6.45) is 0. The van der Waals surface area contributed by atoms with Crippen LogP contribution >= 0.6 is 39.5 Å². The quantitative estimate of drug-likeness (QED) is 0.821. The minimum Gasteiger partial charge on any atom is -0.271 e. The van der Waals surface area contributed by atoms with Crippen molar-refractivity contribution in [2.45, 2.75) is 5.75 Å². The fraction of sp³-hybridized carbons (Fsp3) is 0.300. The zero-order valence-corrected chi connectivity index (χ0v) is 10.8. The lowest BCUT2D eigenvalue weighted by molar-refractivity contribution is 1.18. The standard InChI is InChI=1S/C10H10BrNS2/c11-9-4-2-1-3-8(9)7-14-10-12-5-6-13-10/h1-4H,5-7H2. The van der Waals surface area contributed by atoms with Gasteiger partial charge in [0, 0.05) is 16.0 Å². The minimum atomic E-state index is 0.989. The smallest absolute Gasteiger partial charge is 0.124 e. The predicted octanol–water partition coefficient (Wildman–Crippen LogP) is 3.79. The van der Waals surface area contributed by atoms with Crippen LogP contribution < -0.4 is 0 Å². The van der Waals surface area contributed by atoms with Gasteiger partial charge in [-0.05, 0) is 11.6 Å². The van der Waals surface area contributed by atoms with Crippen LogP contribution in [0.4, 0.5) is 0 Å². The van der Waals surface area contributed by atoms with Crippen LogP contribution in [-0.2, 0) is 5.75 Å². The molecule has 1 aliphatic heterocycles. The maximum absolute atomic E-state index is 4.41. The normalized spacial score (nSPS) is 15.6. The van der Waals surface area contributed by atoms with E-state index in [9.17, 15) is 0 Å². The molecule has 0 bridgehead atoms. The number of aliphatic imine (C=N–C) groups is 1. The van der Waals surface area contributed by atoms with E-state index >= 15 is 0 Å². The summed E-state index contributed by atoms with van der Waals surface area (Å²) in [5, 5.41) is 0. The van der Waals surface area contributed by atoms with Crippen LogP contribution in [0.2, 0.25) is 0 Å². The molecule has 0 radical (unpaired) electrons. The number of thioether (sulfide) groups is 2. The Hall–Kier alpha value is 0.0700. The summed E-state index contributed by atoms with van der Waals surface area (Å²) in [6, 6.07) is 8.35. The first-order valence-electron chi connectivity index (χ1n) is 4.40. The van der Waals surface area contributed by atoms with E-state index in [-0.39, 0.29) is 0 Å². The number of benzene rings is 1. The third-order valence-electron chi connectivity index (χ3n) is 1.87. The topological polar surface area (TPSA) is 12.4 Å². The molecule has 0 aromatic heterocycles. The summed E-state index contributed by atoms with van der Waals surface area (Å²) in [4.78, 5) is 4.41. The van der Waals surface area contributed by atoms with E-state index < -0.39 is 0 Å². The van der Waals surface area contributed by atoms with Crippen molar-refractivity contribution in [2.24, 2.45) is 4.99 Å². The molecule has 0 amide bonds. The van der Waals surface area contributed by atoms with Crippen molar-refractivity contribution in [1.82, 2.24) is 0 Å². The van der Waals surface area contributed by atoms with Crippen molar-refractivity contribution < 1.29 is 0 Å². The average Bonchev–Trinajstić information content (AvgIpc) is 2.69. The maximum atomic E-state index is 4.41. The van der Waals surface area contributed by atoms with E-state index in [1.807, 2.05) is 29.6 Å². The largest absolute Gasteiger partial charge is 0.271 e. The van der Waals surface area contributed by atoms with Gasteiger partial charge in [-0.3, -0.25) is 4.99 Å². The van der Waals surface area contributed by atoms with Gasteiger partial charge in [-0.15, -0.1) is 0 Å². The number of rotatable bonds is 2. The molecule has 0 atom stereocenters. The van der Waals surface area contributed by atoms with Crippen molar-refractivity contribution in [2.75, 3.05) is 12.3 Å². The first-order valence-corrected chi connectivity index (χ1v) is 7.16. The lowest BCUT2D eigenvalue weighted by atomic mass is 10.2. The van der Waals surface area contributed by atoms with Crippen molar-refractivity contribution >= 4 is 43.8 Å². The van der Waals surface area contributed by atoms with Gasteiger partial charge in [-0.25, -0.2) is 0 Å². The number of halogens is 1. The fourth-order valence-corrected chi connectivity index (χ4v) is 3.78. The van der Waals surface area contributed by atoms with E-state index in [1.165, 1.54) is 14.4 Å². The average molecular weight is 288 g/mol. The summed E-state index contributed by atoms with van der Waals surface area (Å²) in [7, 11) is 0. The van der Waals surface area contributed by atoms with Gasteiger partial charge in [0.15, 0.2) is 0 Å². The Kier molecular flexibility index (Phi) is 3.96. The SMILES string of the molecule is Brc1ccccc1CSC1=NCCS1. The second-order valence-corrected chi connectivity index (χ2v) is 6.04. The summed E-state index contributed by atoms with van der Waals surface area (Å²) in [6.45, 7) is 0.989. The summed E-state index contributed by atoms with van der Waals surface area (Å²) in [5.74, 6) is 2.16. The fourth-order valence-electron chi connectivity index (χ4n) is 1.16. The molecule has 1 heterocycles. The van der Waals surface area contributed by atoms with Gasteiger partial charge in [0.2, 0.25) is 0 Å². The molecule has 0 aliphatic carbocycles. The van der Waals surface area contributed by atoms with Crippen molar-refractivity contribution in [3.63, 3.8) is 0 Å². The Labute approximate surface area is 101 Å². The van der Waals surface area contributed by atoms with Gasteiger partial charge in [0.1, 0.15) is 4.38 Å². The highest BCUT2D eigenvalue weighted by Gasteiger charge is 2.08. The Morgan fingerprint density at radius 3 is 3.00 bits per heavy atom. The molecule has 0 saturated heterocycles. The lowest BCUT2D eigenvalue weighted by Crippen LogP contribution is -1.85. The highest BCUT2D eigenvalue weighted by molar-refractivity contribution is 9.10. The molecule has 0 unspecified atom stereocenters. The van der Waals surface area contributed by atoms with Crippen LogP contribution in [0.5, 0.6) is 0 Å². The second kappa shape index (κ2) is 5.24. The molecule has 0 spiro atoms. The molecular formula is C10H10BrNS2. The highest BCUT2D eigenvalue weighted by Crippen LogP contribution is 2.27. The van der Waals surface area contributed by atoms with E-state index in [0.29, 0.717) is 0 Å². The van der Waals surface area contributed by atoms with Crippen molar-refractivity contribution in [1.29, 1.82) is 0 Å². The van der Waals surface area contributed by atoms with Crippen LogP contribution in [0.3, 0.4) is 0 Å². The van der Waals surface area contributed by atoms with Crippen LogP contribution in [0.25, 0.3) is 0 Å². The van der Waals surface area contributed by atoms with E-state index in [4.69, 9.17) is 0 Å². The van der Waals surface area contributed by atoms with Crippen LogP contribution in [0.1, 0.15) is 5.56 Å². The molecule has 0 fully saturated rings. The predicted molar refractivity (Wildman–Crippen MR) is 70.2 cm³/mol. The molecule has 2 rings (SSSR count). The second-order valence-electron chi connectivity index (χ2n) is 2.88. The zero-order valence-electron chi connectivity index (χ0n) is 7.57. The maximum Gasteiger partial charge on any atom is 0.124 e. The first kappa shape index (κ1) is 10.6. The van der Waals surface area contributed by atoms with Gasteiger partial charge in [-0.2, -0.15) is 0 Å². The molecule has 1 aromatic carbocycles. The zero-order chi connectivity index (χ0) is 9.80. The highest BCUT2D eigenvalue weighted by atomic mass is 79.9. The molecule has 1 nitrogen and oxygen atoms in total. The van der Waals surface area contributed by atoms with Gasteiger partial charge in [-0.1, -0.05) is 57.7 Å². The molecule has 4 heteroatoms. The Morgan fingerprint density at radius 1 is 1.43 bits per heavy atom. The third kappa shape index (κ3) is 2.78. The molecule has 1 aliphatic rings. The number of hydrogen-bond acceptors (Lipinski definition) is 3. The number of hydrogen-bond donors (Lipinski definition) is 0. The molecule has 1 aromatic rings. The Morgan fingerprint density at radius 2 is 2.29 bits per heavy atom. The molecule has 14 heavy (non-hydrogen) atoms. The Bertz CT molecular complexity index is 352. The van der Waals surface area contributed by atoms with Gasteiger partial charge in [0.25, 0.3) is 0 Å². The summed E-state index contributed by atoms with van der Waals surface area (Å²) >= 11 is 7.25. The van der Waals surface area contributed by atoms with E-state index in [0.717, 1.165) is 18.1 Å². The monoisotopic (exact) mass is 287 g/mol. The molecule has 0 N–H and O–H groups in total. The molecule has 0 saturated carbocycles. The van der Waals surface area contributed by atoms with Crippen molar-refractivity contribution in [3.05, 3.63) is 34.3 Å². The Balaban J connectivity index is 1.94. The van der Waals surface area contributed by atoms with Gasteiger partial charge < -0.3 is 0 Å². The first-order chi connectivity index (χ1) is 6.86. The molecular weight excluding hydrogens is 278 g/mol. The van der Waals surface area contributed by atoms with Crippen molar-refractivity contribution in [3.8, 4) is 0 Å². The molecule has 74 valence electrons. The summed E-state index contributed by atoms with van der Waals surface area (Å²) < 4.78 is 2.43. The van der Waals surface area contributed by atoms with Crippen LogP contribution in [0, 0.1) is 0 Å². The van der Waals surface area contributed by atoms with Crippen LogP contribution in [-0.4, -0.2) is 16.7 Å². The van der Waals surface area contributed by atoms with Crippen LogP contribution in [0.15, 0.2) is 33.7 Å². The van der Waals surface area contributed by atoms with Gasteiger partial charge >= 0.3 is 0 Å². The minimum absolute atomic E-state index is 0.989. The number of nitrogens with zero attached hydrogens (tertiary/aromatic N) is 1.